The zero-order valence-corrected chi connectivity index (χ0v) is 15.5. The first kappa shape index (κ1) is 18.7. The number of unbranched alkanes of at least 4 members (excludes halogenated alkanes) is 1. The molecule has 2 rings (SSSR count). The summed E-state index contributed by atoms with van der Waals surface area (Å²) in [7, 11) is 0. The first-order valence-electron chi connectivity index (χ1n) is 9.29. The van der Waals surface area contributed by atoms with Crippen molar-refractivity contribution < 1.29 is 14.2 Å². The van der Waals surface area contributed by atoms with E-state index in [4.69, 9.17) is 14.2 Å². The Morgan fingerprint density at radius 1 is 0.955 bits per heavy atom. The molecule has 3 nitrogen and oxygen atoms in total. The highest BCUT2D eigenvalue weighted by molar-refractivity contribution is 9.09. The quantitative estimate of drug-likeness (QED) is 0.393. The van der Waals surface area contributed by atoms with Gasteiger partial charge in [-0.05, 0) is 63.7 Å². The van der Waals surface area contributed by atoms with Gasteiger partial charge in [-0.3, -0.25) is 0 Å². The zero-order chi connectivity index (χ0) is 15.5. The van der Waals surface area contributed by atoms with E-state index >= 15 is 0 Å². The minimum absolute atomic E-state index is 0.0631. The van der Waals surface area contributed by atoms with Crippen LogP contribution in [-0.2, 0) is 14.2 Å². The van der Waals surface area contributed by atoms with E-state index in [2.05, 4.69) is 15.9 Å². The largest absolute Gasteiger partial charge is 0.378 e. The zero-order valence-electron chi connectivity index (χ0n) is 13.9. The van der Waals surface area contributed by atoms with Crippen LogP contribution in [0, 0.1) is 5.92 Å². The molecule has 3 unspecified atom stereocenters. The Kier molecular flexibility index (Phi) is 10.1. The van der Waals surface area contributed by atoms with Gasteiger partial charge in [-0.1, -0.05) is 28.8 Å². The Morgan fingerprint density at radius 2 is 1.77 bits per heavy atom. The fraction of sp³-hybridized carbons (Fsp3) is 1.00. The molecular formula is C18H33BrO3. The molecule has 0 aromatic carbocycles. The van der Waals surface area contributed by atoms with E-state index in [-0.39, 0.29) is 6.29 Å². The molecule has 4 heteroatoms. The van der Waals surface area contributed by atoms with Crippen molar-refractivity contribution in [3.05, 3.63) is 0 Å². The second-order valence-electron chi connectivity index (χ2n) is 6.75. The fourth-order valence-electron chi connectivity index (χ4n) is 3.35. The highest BCUT2D eigenvalue weighted by Crippen LogP contribution is 2.22. The lowest BCUT2D eigenvalue weighted by Crippen LogP contribution is -2.23. The van der Waals surface area contributed by atoms with Gasteiger partial charge in [0.05, 0.1) is 12.7 Å². The van der Waals surface area contributed by atoms with Crippen LogP contribution < -0.4 is 0 Å². The first-order valence-corrected chi connectivity index (χ1v) is 10.4. The lowest BCUT2D eigenvalue weighted by atomic mass is 9.97. The third-order valence-corrected chi connectivity index (χ3v) is 5.76. The standard InChI is InChI=1S/C18H33BrO3/c19-15-16(11-14-22-18-10-4-6-13-21-18)7-1-2-8-17-9-3-5-12-20-17/h16-18H,1-15H2. The maximum Gasteiger partial charge on any atom is 0.157 e. The van der Waals surface area contributed by atoms with Gasteiger partial charge in [-0.15, -0.1) is 0 Å². The minimum Gasteiger partial charge on any atom is -0.378 e. The van der Waals surface area contributed by atoms with Crippen LogP contribution in [0.2, 0.25) is 0 Å². The molecule has 2 aliphatic heterocycles. The smallest absolute Gasteiger partial charge is 0.157 e. The minimum atomic E-state index is 0.0631. The molecule has 2 saturated heterocycles. The highest BCUT2D eigenvalue weighted by atomic mass is 79.9. The van der Waals surface area contributed by atoms with Crippen molar-refractivity contribution in [2.24, 2.45) is 5.92 Å². The molecule has 0 aliphatic carbocycles. The summed E-state index contributed by atoms with van der Waals surface area (Å²) in [6, 6.07) is 0. The molecule has 0 aromatic heterocycles. The van der Waals surface area contributed by atoms with E-state index < -0.39 is 0 Å². The van der Waals surface area contributed by atoms with Crippen LogP contribution in [0.1, 0.15) is 70.6 Å². The molecule has 0 bridgehead atoms. The predicted octanol–water partition coefficient (Wildman–Crippen LogP) is 5.06. The SMILES string of the molecule is BrCC(CCCCC1CCCCO1)CCOC1CCCCO1. The molecule has 2 fully saturated rings. The summed E-state index contributed by atoms with van der Waals surface area (Å²) in [5.74, 6) is 0.732. The van der Waals surface area contributed by atoms with Crippen molar-refractivity contribution in [2.75, 3.05) is 25.2 Å². The second kappa shape index (κ2) is 11.8. The first-order chi connectivity index (χ1) is 10.9. The monoisotopic (exact) mass is 376 g/mol. The summed E-state index contributed by atoms with van der Waals surface area (Å²) >= 11 is 3.66. The number of hydrogen-bond acceptors (Lipinski definition) is 3. The number of halogens is 1. The van der Waals surface area contributed by atoms with Crippen LogP contribution >= 0.6 is 15.9 Å². The van der Waals surface area contributed by atoms with E-state index in [9.17, 15) is 0 Å². The summed E-state index contributed by atoms with van der Waals surface area (Å²) in [6.45, 7) is 2.69. The molecule has 130 valence electrons. The summed E-state index contributed by atoms with van der Waals surface area (Å²) in [5, 5.41) is 1.09. The molecule has 3 atom stereocenters. The molecule has 0 amide bonds. The average molecular weight is 377 g/mol. The van der Waals surface area contributed by atoms with Crippen molar-refractivity contribution in [3.63, 3.8) is 0 Å². The number of alkyl halides is 1. The van der Waals surface area contributed by atoms with Crippen molar-refractivity contribution in [1.29, 1.82) is 0 Å². The Balaban J connectivity index is 1.47. The van der Waals surface area contributed by atoms with Gasteiger partial charge < -0.3 is 14.2 Å². The van der Waals surface area contributed by atoms with Crippen LogP contribution in [0.3, 0.4) is 0 Å². The summed E-state index contributed by atoms with van der Waals surface area (Å²) < 4.78 is 17.3. The highest BCUT2D eigenvalue weighted by Gasteiger charge is 2.16. The summed E-state index contributed by atoms with van der Waals surface area (Å²) in [5.41, 5.74) is 0. The Labute approximate surface area is 144 Å². The van der Waals surface area contributed by atoms with Gasteiger partial charge in [-0.2, -0.15) is 0 Å². The Hall–Kier alpha value is 0.360. The van der Waals surface area contributed by atoms with Crippen LogP contribution in [0.5, 0.6) is 0 Å². The van der Waals surface area contributed by atoms with Crippen molar-refractivity contribution >= 4 is 15.9 Å². The molecular weight excluding hydrogens is 344 g/mol. The average Bonchev–Trinajstić information content (AvgIpc) is 2.59. The Bertz CT molecular complexity index is 263. The van der Waals surface area contributed by atoms with Crippen LogP contribution in [0.4, 0.5) is 0 Å². The van der Waals surface area contributed by atoms with Gasteiger partial charge >= 0.3 is 0 Å². The van der Waals surface area contributed by atoms with E-state index in [1.54, 1.807) is 0 Å². The molecule has 0 N–H and O–H groups in total. The van der Waals surface area contributed by atoms with Crippen molar-refractivity contribution in [3.8, 4) is 0 Å². The summed E-state index contributed by atoms with van der Waals surface area (Å²) in [6.07, 6.45) is 14.3. The lowest BCUT2D eigenvalue weighted by molar-refractivity contribution is -0.163. The lowest BCUT2D eigenvalue weighted by Gasteiger charge is -2.24. The van der Waals surface area contributed by atoms with E-state index in [0.717, 1.165) is 43.9 Å². The molecule has 2 heterocycles. The van der Waals surface area contributed by atoms with Gasteiger partial charge in [0.2, 0.25) is 0 Å². The van der Waals surface area contributed by atoms with Crippen LogP contribution in [0.15, 0.2) is 0 Å². The maximum absolute atomic E-state index is 5.85. The van der Waals surface area contributed by atoms with Crippen LogP contribution in [0.25, 0.3) is 0 Å². The topological polar surface area (TPSA) is 27.7 Å². The van der Waals surface area contributed by atoms with Gasteiger partial charge in [0.15, 0.2) is 6.29 Å². The van der Waals surface area contributed by atoms with Gasteiger partial charge in [0.1, 0.15) is 0 Å². The van der Waals surface area contributed by atoms with Crippen molar-refractivity contribution in [1.82, 2.24) is 0 Å². The number of rotatable bonds is 10. The molecule has 22 heavy (non-hydrogen) atoms. The van der Waals surface area contributed by atoms with E-state index in [1.807, 2.05) is 0 Å². The van der Waals surface area contributed by atoms with Crippen molar-refractivity contribution in [2.45, 2.75) is 83.0 Å². The molecule has 2 aliphatic rings. The van der Waals surface area contributed by atoms with Gasteiger partial charge in [-0.25, -0.2) is 0 Å². The third kappa shape index (κ3) is 7.76. The fourth-order valence-corrected chi connectivity index (χ4v) is 3.99. The third-order valence-electron chi connectivity index (χ3n) is 4.85. The van der Waals surface area contributed by atoms with Gasteiger partial charge in [0.25, 0.3) is 0 Å². The molecule has 0 aromatic rings. The molecule has 0 radical (unpaired) electrons. The van der Waals surface area contributed by atoms with Gasteiger partial charge in [0, 0.05) is 18.5 Å². The van der Waals surface area contributed by atoms with Crippen LogP contribution in [-0.4, -0.2) is 37.5 Å². The van der Waals surface area contributed by atoms with E-state index in [1.165, 1.54) is 57.8 Å². The second-order valence-corrected chi connectivity index (χ2v) is 7.40. The number of hydrogen-bond donors (Lipinski definition) is 0. The number of ether oxygens (including phenoxy) is 3. The normalized spacial score (nSPS) is 27.7. The molecule has 0 spiro atoms. The summed E-state index contributed by atoms with van der Waals surface area (Å²) in [4.78, 5) is 0. The predicted molar refractivity (Wildman–Crippen MR) is 93.5 cm³/mol. The van der Waals surface area contributed by atoms with E-state index in [0.29, 0.717) is 6.10 Å². The molecule has 0 saturated carbocycles. The maximum atomic E-state index is 5.85. The Morgan fingerprint density at radius 3 is 2.45 bits per heavy atom.